The Morgan fingerprint density at radius 2 is 1.53 bits per heavy atom. The summed E-state index contributed by atoms with van der Waals surface area (Å²) in [5.41, 5.74) is 4.68. The third kappa shape index (κ3) is 12.1. The van der Waals surface area contributed by atoms with Gasteiger partial charge in [-0.1, -0.05) is 20.8 Å². The number of hydrogen-bond acceptors (Lipinski definition) is 15. The van der Waals surface area contributed by atoms with E-state index in [1.807, 2.05) is 52.8 Å². The van der Waals surface area contributed by atoms with E-state index in [0.29, 0.717) is 59.2 Å². The van der Waals surface area contributed by atoms with Crippen molar-refractivity contribution in [3.8, 4) is 17.1 Å². The molecule has 0 amide bonds. The molecule has 2 N–H and O–H groups in total. The standard InChI is InChI=1S/C33H40N8O9S3.2Na/c1-7-40(15-14-35-51(6,42)43)24-12-13-28(21(2)16-24)36-29-30(33(3,4)5)38-41-32(29)37-31(39-41)22-8-10-23(11-9-22)34-20-50-25-17-26(52(44,45)46)19-27(18-25)53(47,48)49;;/h8-13,16-19,34-35H,7,14-15,20H2,1-6H3,(H,44,45,46)(H,47,48,49);;/q;2*+1/p-2. The summed E-state index contributed by atoms with van der Waals surface area (Å²) in [5, 5.41) is 12.3. The van der Waals surface area contributed by atoms with Gasteiger partial charge in [0.05, 0.1) is 27.4 Å². The molecule has 55 heavy (non-hydrogen) atoms. The van der Waals surface area contributed by atoms with Crippen LogP contribution in [-0.2, 0) is 30.3 Å². The van der Waals surface area contributed by atoms with Crippen molar-refractivity contribution in [3.05, 3.63) is 72.1 Å². The quantitative estimate of drug-likeness (QED) is 0.0747. The second-order valence-corrected chi connectivity index (χ2v) is 17.7. The summed E-state index contributed by atoms with van der Waals surface area (Å²) in [5.74, 6) is 0.550. The molecular weight excluding hydrogens is 795 g/mol. The number of benzene rings is 3. The van der Waals surface area contributed by atoms with Gasteiger partial charge < -0.3 is 24.1 Å². The van der Waals surface area contributed by atoms with Gasteiger partial charge in [0.2, 0.25) is 15.8 Å². The van der Waals surface area contributed by atoms with Crippen LogP contribution in [0.3, 0.4) is 0 Å². The number of anilines is 2. The number of aryl methyl sites for hydroxylation is 1. The van der Waals surface area contributed by atoms with Crippen LogP contribution in [0, 0.1) is 12.3 Å². The van der Waals surface area contributed by atoms with Crippen LogP contribution in [0.2, 0.25) is 0 Å². The zero-order valence-corrected chi connectivity index (χ0v) is 38.1. The van der Waals surface area contributed by atoms with Crippen LogP contribution in [0.5, 0.6) is 5.75 Å². The molecule has 2 heterocycles. The molecule has 1 aromatic heterocycles. The number of ether oxygens (including phenoxy) is 1. The van der Waals surface area contributed by atoms with Crippen molar-refractivity contribution >= 4 is 58.7 Å². The van der Waals surface area contributed by atoms with Crippen LogP contribution < -0.4 is 78.8 Å². The predicted molar refractivity (Wildman–Crippen MR) is 197 cm³/mol. The first-order valence-corrected chi connectivity index (χ1v) is 20.8. The van der Waals surface area contributed by atoms with Crippen molar-refractivity contribution in [2.75, 3.05) is 42.8 Å². The van der Waals surface area contributed by atoms with E-state index in [0.717, 1.165) is 29.6 Å². The normalized spacial score (nSPS) is 13.7. The minimum atomic E-state index is -5.06. The van der Waals surface area contributed by atoms with Crippen LogP contribution in [0.1, 0.15) is 39.1 Å². The van der Waals surface area contributed by atoms with Gasteiger partial charge in [0, 0.05) is 42.0 Å². The van der Waals surface area contributed by atoms with Gasteiger partial charge >= 0.3 is 59.1 Å². The molecule has 0 fully saturated rings. The molecule has 0 radical (unpaired) electrons. The smallest absolute Gasteiger partial charge is 0.744 e. The van der Waals surface area contributed by atoms with Crippen LogP contribution in [0.15, 0.2) is 80.5 Å². The zero-order valence-electron chi connectivity index (χ0n) is 31.7. The number of likely N-dealkylation sites (N-methyl/N-ethyl adjacent to an activating group) is 1. The number of aromatic nitrogens is 3. The number of aliphatic imine (C=N–C) groups is 1. The molecule has 284 valence electrons. The molecule has 0 bridgehead atoms. The number of nitrogens with one attached hydrogen (secondary N) is 2. The molecule has 17 nitrogen and oxygen atoms in total. The van der Waals surface area contributed by atoms with Crippen molar-refractivity contribution in [1.29, 1.82) is 0 Å². The Morgan fingerprint density at radius 3 is 2.05 bits per heavy atom. The fourth-order valence-corrected chi connectivity index (χ4v) is 6.88. The Bertz CT molecular complexity index is 2380. The average molecular weight is 833 g/mol. The summed E-state index contributed by atoms with van der Waals surface area (Å²) in [6.07, 6.45) is 1.13. The van der Waals surface area contributed by atoms with Gasteiger partial charge in [-0.15, -0.1) is 9.89 Å². The summed E-state index contributed by atoms with van der Waals surface area (Å²) in [4.78, 5) is 11.5. The number of sulfonamides is 1. The van der Waals surface area contributed by atoms with E-state index >= 15 is 0 Å². The molecule has 3 aromatic carbocycles. The van der Waals surface area contributed by atoms with Crippen LogP contribution >= 0.6 is 0 Å². The Balaban J connectivity index is 0.00000406. The topological polar surface area (TPSA) is 240 Å². The molecule has 1 aliphatic rings. The van der Waals surface area contributed by atoms with Gasteiger partial charge in [0.1, 0.15) is 31.7 Å². The van der Waals surface area contributed by atoms with Crippen LogP contribution in [0.4, 0.5) is 17.1 Å². The maximum absolute atomic E-state index is 11.5. The third-order valence-corrected chi connectivity index (χ3v) is 10.3. The molecule has 0 saturated heterocycles. The first kappa shape index (κ1) is 46.7. The van der Waals surface area contributed by atoms with Crippen molar-refractivity contribution in [2.45, 2.75) is 44.4 Å². The predicted octanol–water partition coefficient (Wildman–Crippen LogP) is -2.72. The minimum absolute atomic E-state index is 0. The van der Waals surface area contributed by atoms with Crippen molar-refractivity contribution in [1.82, 2.24) is 19.6 Å². The minimum Gasteiger partial charge on any atom is -0.744 e. The summed E-state index contributed by atoms with van der Waals surface area (Å²) < 4.78 is 99.6. The maximum atomic E-state index is 11.5. The second kappa shape index (κ2) is 18.2. The molecule has 0 atom stereocenters. The molecule has 4 aromatic rings. The van der Waals surface area contributed by atoms with Gasteiger partial charge in [0.15, 0.2) is 12.6 Å². The van der Waals surface area contributed by atoms with E-state index in [2.05, 4.69) is 20.0 Å². The van der Waals surface area contributed by atoms with Gasteiger partial charge in [-0.3, -0.25) is 0 Å². The molecule has 0 spiro atoms. The Hall–Kier alpha value is -2.73. The second-order valence-electron chi connectivity index (χ2n) is 13.1. The first-order chi connectivity index (χ1) is 24.6. The molecule has 0 aliphatic carbocycles. The summed E-state index contributed by atoms with van der Waals surface area (Å²) in [7, 11) is -13.4. The summed E-state index contributed by atoms with van der Waals surface area (Å²) >= 11 is 0. The van der Waals surface area contributed by atoms with Gasteiger partial charge in [0.25, 0.3) is 0 Å². The molecule has 0 saturated carbocycles. The molecule has 22 heteroatoms. The first-order valence-electron chi connectivity index (χ1n) is 16.1. The van der Waals surface area contributed by atoms with Crippen molar-refractivity contribution < 1.29 is 98.2 Å². The monoisotopic (exact) mass is 832 g/mol. The van der Waals surface area contributed by atoms with E-state index in [-0.39, 0.29) is 83.6 Å². The summed E-state index contributed by atoms with van der Waals surface area (Å²) in [6, 6.07) is 14.9. The van der Waals surface area contributed by atoms with E-state index in [4.69, 9.17) is 19.8 Å². The Morgan fingerprint density at radius 1 is 0.909 bits per heavy atom. The van der Waals surface area contributed by atoms with E-state index in [1.165, 1.54) is 4.79 Å². The molecular formula is C33H38N8Na2O9S3. The van der Waals surface area contributed by atoms with Gasteiger partial charge in [-0.2, -0.15) is 5.10 Å². The number of fused-ring (bicyclic) bond motifs is 1. The number of hydrogen-bond donors (Lipinski definition) is 2. The van der Waals surface area contributed by atoms with E-state index in [1.54, 1.807) is 24.3 Å². The summed E-state index contributed by atoms with van der Waals surface area (Å²) in [6.45, 7) is 11.2. The number of rotatable bonds is 14. The van der Waals surface area contributed by atoms with Crippen molar-refractivity contribution in [2.24, 2.45) is 15.5 Å². The average Bonchev–Trinajstić information content (AvgIpc) is 3.62. The van der Waals surface area contributed by atoms with E-state index < -0.39 is 40.1 Å². The van der Waals surface area contributed by atoms with Crippen molar-refractivity contribution in [3.63, 3.8) is 0 Å². The molecule has 0 unspecified atom stereocenters. The Labute approximate surface area is 365 Å². The van der Waals surface area contributed by atoms with Gasteiger partial charge in [-0.05, 0) is 80.1 Å². The third-order valence-electron chi connectivity index (χ3n) is 7.93. The zero-order chi connectivity index (χ0) is 38.9. The molecule has 5 rings (SSSR count). The maximum Gasteiger partial charge on any atom is 1.00 e. The number of nitrogens with zero attached hydrogens (tertiary/aromatic N) is 6. The fourth-order valence-electron chi connectivity index (χ4n) is 5.28. The van der Waals surface area contributed by atoms with Gasteiger partial charge in [-0.25, -0.2) is 40.0 Å². The SMILES string of the molecule is CCN(CCNS(C)(=O)=O)c1ccc(N=C2C(C(C)(C)C)=Nn3nc(-c4ccc(NCOc5cc(S(=O)(=O)[O-])cc(S(=O)(=O)[O-])c5)cc4)nc32)c(C)c1.[Na+].[Na+]. The van der Waals surface area contributed by atoms with Crippen LogP contribution in [0.25, 0.3) is 11.4 Å². The largest absolute Gasteiger partial charge is 1.00 e. The molecule has 1 aliphatic heterocycles. The van der Waals surface area contributed by atoms with Crippen LogP contribution in [-0.4, -0.2) is 93.3 Å². The van der Waals surface area contributed by atoms with E-state index in [9.17, 15) is 34.4 Å². The fraction of sp³-hybridized carbons (Fsp3) is 0.333. The Kier molecular flexibility index (Phi) is 15.5.